The number of anilines is 1. The maximum absolute atomic E-state index is 12.0. The fraction of sp³-hybridized carbons (Fsp3) is 0.500. The van der Waals surface area contributed by atoms with Crippen molar-refractivity contribution in [3.8, 4) is 0 Å². The fourth-order valence-electron chi connectivity index (χ4n) is 2.69. The van der Waals surface area contributed by atoms with Crippen molar-refractivity contribution in [3.05, 3.63) is 29.8 Å². The summed E-state index contributed by atoms with van der Waals surface area (Å²) in [5.41, 5.74) is 1.27. The van der Waals surface area contributed by atoms with Crippen molar-refractivity contribution >= 4 is 17.5 Å². The molecule has 1 aliphatic carbocycles. The van der Waals surface area contributed by atoms with Crippen LogP contribution < -0.4 is 10.6 Å². The molecule has 108 valence electrons. The largest absolute Gasteiger partial charge is 0.352 e. The van der Waals surface area contributed by atoms with E-state index in [1.54, 1.807) is 18.2 Å². The van der Waals surface area contributed by atoms with Crippen molar-refractivity contribution in [3.63, 3.8) is 0 Å². The zero-order valence-corrected chi connectivity index (χ0v) is 11.9. The van der Waals surface area contributed by atoms with Crippen LogP contribution in [0.3, 0.4) is 0 Å². The zero-order chi connectivity index (χ0) is 14.4. The van der Waals surface area contributed by atoms with E-state index in [-0.39, 0.29) is 11.8 Å². The molecule has 2 amide bonds. The van der Waals surface area contributed by atoms with Crippen molar-refractivity contribution in [2.45, 2.75) is 39.0 Å². The van der Waals surface area contributed by atoms with E-state index >= 15 is 0 Å². The molecule has 1 saturated carbocycles. The molecule has 0 spiro atoms. The predicted molar refractivity (Wildman–Crippen MR) is 79.7 cm³/mol. The van der Waals surface area contributed by atoms with Gasteiger partial charge in [-0.05, 0) is 43.9 Å². The Morgan fingerprint density at radius 3 is 2.70 bits per heavy atom. The van der Waals surface area contributed by atoms with E-state index in [1.165, 1.54) is 12.8 Å². The maximum atomic E-state index is 12.0. The first-order valence-electron chi connectivity index (χ1n) is 7.37. The number of nitrogens with one attached hydrogen (secondary N) is 2. The van der Waals surface area contributed by atoms with Crippen LogP contribution in [0.4, 0.5) is 5.69 Å². The van der Waals surface area contributed by atoms with Crippen LogP contribution >= 0.6 is 0 Å². The highest BCUT2D eigenvalue weighted by molar-refractivity contribution is 5.97. The van der Waals surface area contributed by atoms with Gasteiger partial charge in [0.2, 0.25) is 5.91 Å². The first-order valence-corrected chi connectivity index (χ1v) is 7.37. The highest BCUT2D eigenvalue weighted by Gasteiger charge is 2.18. The Bertz CT molecular complexity index is 479. The Hall–Kier alpha value is -1.84. The maximum Gasteiger partial charge on any atom is 0.251 e. The predicted octanol–water partition coefficient (Wildman–Crippen LogP) is 2.96. The third-order valence-corrected chi connectivity index (χ3v) is 3.69. The van der Waals surface area contributed by atoms with Gasteiger partial charge in [0.1, 0.15) is 0 Å². The van der Waals surface area contributed by atoms with Crippen molar-refractivity contribution in [1.29, 1.82) is 0 Å². The Labute approximate surface area is 119 Å². The van der Waals surface area contributed by atoms with Crippen LogP contribution in [-0.2, 0) is 4.79 Å². The molecule has 0 atom stereocenters. The summed E-state index contributed by atoms with van der Waals surface area (Å²) in [7, 11) is 0. The number of rotatable bonds is 5. The van der Waals surface area contributed by atoms with E-state index in [0.29, 0.717) is 30.1 Å². The molecule has 0 aliphatic heterocycles. The van der Waals surface area contributed by atoms with Gasteiger partial charge in [-0.25, -0.2) is 0 Å². The lowest BCUT2D eigenvalue weighted by Gasteiger charge is -2.10. The minimum Gasteiger partial charge on any atom is -0.352 e. The van der Waals surface area contributed by atoms with Crippen molar-refractivity contribution in [2.24, 2.45) is 5.92 Å². The minimum atomic E-state index is -0.112. The average Bonchev–Trinajstić information content (AvgIpc) is 2.92. The first-order chi connectivity index (χ1) is 9.69. The van der Waals surface area contributed by atoms with Gasteiger partial charge >= 0.3 is 0 Å². The van der Waals surface area contributed by atoms with E-state index in [0.717, 1.165) is 12.8 Å². The van der Waals surface area contributed by atoms with E-state index in [4.69, 9.17) is 0 Å². The van der Waals surface area contributed by atoms with Gasteiger partial charge in [0.15, 0.2) is 0 Å². The topological polar surface area (TPSA) is 58.2 Å². The van der Waals surface area contributed by atoms with Crippen molar-refractivity contribution in [1.82, 2.24) is 5.32 Å². The van der Waals surface area contributed by atoms with Gasteiger partial charge in [-0.15, -0.1) is 0 Å². The number of carbonyl (C=O) groups excluding carboxylic acids is 2. The number of hydrogen-bond donors (Lipinski definition) is 2. The summed E-state index contributed by atoms with van der Waals surface area (Å²) in [4.78, 5) is 23.7. The second-order valence-electron chi connectivity index (χ2n) is 5.34. The monoisotopic (exact) mass is 274 g/mol. The van der Waals surface area contributed by atoms with Gasteiger partial charge in [-0.1, -0.05) is 18.9 Å². The van der Waals surface area contributed by atoms with Crippen LogP contribution in [0.1, 0.15) is 49.4 Å². The third kappa shape index (κ3) is 4.08. The summed E-state index contributed by atoms with van der Waals surface area (Å²) in [5, 5.41) is 5.64. The Balaban J connectivity index is 1.93. The molecule has 0 aromatic heterocycles. The lowest BCUT2D eigenvalue weighted by molar-refractivity contribution is -0.117. The molecular weight excluding hydrogens is 252 g/mol. The molecule has 0 saturated heterocycles. The third-order valence-electron chi connectivity index (χ3n) is 3.69. The summed E-state index contributed by atoms with van der Waals surface area (Å²) >= 11 is 0. The SMILES string of the molecule is CCNC(=O)c1cccc(NC(=O)CC2CCCC2)c1. The van der Waals surface area contributed by atoms with Gasteiger partial charge in [-0.3, -0.25) is 9.59 Å². The molecule has 4 nitrogen and oxygen atoms in total. The summed E-state index contributed by atoms with van der Waals surface area (Å²) < 4.78 is 0. The normalized spacial score (nSPS) is 15.1. The summed E-state index contributed by atoms with van der Waals surface area (Å²) in [6.07, 6.45) is 5.39. The summed E-state index contributed by atoms with van der Waals surface area (Å²) in [5.74, 6) is 0.464. The van der Waals surface area contributed by atoms with Crippen molar-refractivity contribution in [2.75, 3.05) is 11.9 Å². The van der Waals surface area contributed by atoms with Crippen LogP contribution in [-0.4, -0.2) is 18.4 Å². The zero-order valence-electron chi connectivity index (χ0n) is 11.9. The van der Waals surface area contributed by atoms with E-state index in [1.807, 2.05) is 13.0 Å². The van der Waals surface area contributed by atoms with Gasteiger partial charge in [0, 0.05) is 24.2 Å². The summed E-state index contributed by atoms with van der Waals surface area (Å²) in [6, 6.07) is 7.07. The molecule has 1 aliphatic rings. The van der Waals surface area contributed by atoms with Gasteiger partial charge in [-0.2, -0.15) is 0 Å². The molecule has 2 rings (SSSR count). The Morgan fingerprint density at radius 2 is 2.00 bits per heavy atom. The number of carbonyl (C=O) groups is 2. The number of amides is 2. The fourth-order valence-corrected chi connectivity index (χ4v) is 2.69. The van der Waals surface area contributed by atoms with E-state index < -0.39 is 0 Å². The molecular formula is C16H22N2O2. The number of benzene rings is 1. The van der Waals surface area contributed by atoms with Gasteiger partial charge in [0.05, 0.1) is 0 Å². The van der Waals surface area contributed by atoms with Crippen LogP contribution in [0.2, 0.25) is 0 Å². The standard InChI is InChI=1S/C16H22N2O2/c1-2-17-16(20)13-8-5-9-14(11-13)18-15(19)10-12-6-3-4-7-12/h5,8-9,11-12H,2-4,6-7,10H2,1H3,(H,17,20)(H,18,19). The lowest BCUT2D eigenvalue weighted by atomic mass is 10.0. The Kier molecular flexibility index (Phi) is 5.16. The molecule has 1 aromatic carbocycles. The quantitative estimate of drug-likeness (QED) is 0.867. The molecule has 0 bridgehead atoms. The molecule has 20 heavy (non-hydrogen) atoms. The molecule has 0 unspecified atom stereocenters. The molecule has 1 aromatic rings. The van der Waals surface area contributed by atoms with Crippen LogP contribution in [0.5, 0.6) is 0 Å². The summed E-state index contributed by atoms with van der Waals surface area (Å²) in [6.45, 7) is 2.47. The molecule has 0 radical (unpaired) electrons. The second-order valence-corrected chi connectivity index (χ2v) is 5.34. The molecule has 2 N–H and O–H groups in total. The van der Waals surface area contributed by atoms with Crippen molar-refractivity contribution < 1.29 is 9.59 Å². The van der Waals surface area contributed by atoms with Crippen LogP contribution in [0.25, 0.3) is 0 Å². The second kappa shape index (κ2) is 7.08. The molecule has 1 fully saturated rings. The van der Waals surface area contributed by atoms with Gasteiger partial charge in [0.25, 0.3) is 5.91 Å². The van der Waals surface area contributed by atoms with Crippen LogP contribution in [0.15, 0.2) is 24.3 Å². The highest BCUT2D eigenvalue weighted by atomic mass is 16.2. The first kappa shape index (κ1) is 14.6. The molecule has 0 heterocycles. The Morgan fingerprint density at radius 1 is 1.25 bits per heavy atom. The minimum absolute atomic E-state index is 0.0462. The average molecular weight is 274 g/mol. The van der Waals surface area contributed by atoms with Crippen LogP contribution in [0, 0.1) is 5.92 Å². The number of hydrogen-bond acceptors (Lipinski definition) is 2. The lowest BCUT2D eigenvalue weighted by Crippen LogP contribution is -2.23. The molecule has 4 heteroatoms. The highest BCUT2D eigenvalue weighted by Crippen LogP contribution is 2.27. The van der Waals surface area contributed by atoms with E-state index in [2.05, 4.69) is 10.6 Å². The van der Waals surface area contributed by atoms with Gasteiger partial charge < -0.3 is 10.6 Å². The smallest absolute Gasteiger partial charge is 0.251 e. The van der Waals surface area contributed by atoms with E-state index in [9.17, 15) is 9.59 Å².